The number of anilines is 2. The number of nitrogens with zero attached hydrogens (tertiary/aromatic N) is 6. The first-order valence-corrected chi connectivity index (χ1v) is 17.4. The van der Waals surface area contributed by atoms with E-state index in [1.165, 1.54) is 18.2 Å². The van der Waals surface area contributed by atoms with Gasteiger partial charge < -0.3 is 25.0 Å². The van der Waals surface area contributed by atoms with Gasteiger partial charge in [0.25, 0.3) is 0 Å². The molecule has 2 unspecified atom stereocenters. The normalized spacial score (nSPS) is 23.7. The fraction of sp³-hybridized carbons (Fsp3) is 0.429. The number of amides is 1. The van der Waals surface area contributed by atoms with Crippen LogP contribution in [0.2, 0.25) is 5.02 Å². The van der Waals surface area contributed by atoms with Gasteiger partial charge in [-0.25, -0.2) is 8.78 Å². The van der Waals surface area contributed by atoms with E-state index >= 15 is 4.39 Å². The Bertz CT molecular complexity index is 2050. The number of nitrogens with two attached hydrogens (primary N) is 1. The zero-order valence-corrected chi connectivity index (χ0v) is 29.0. The molecule has 7 rings (SSSR count). The van der Waals surface area contributed by atoms with Gasteiger partial charge in [-0.15, -0.1) is 11.3 Å². The van der Waals surface area contributed by atoms with Crippen LogP contribution in [0.4, 0.5) is 19.6 Å². The van der Waals surface area contributed by atoms with Crippen molar-refractivity contribution in [2.45, 2.75) is 56.3 Å². The van der Waals surface area contributed by atoms with Gasteiger partial charge in [0, 0.05) is 49.6 Å². The Morgan fingerprint density at radius 2 is 2.14 bits per heavy atom. The SMILES string of the molecule is C=CC(=O)N1CCC(N(C)c2nc(OC[C@@]34CCCN3C[C@H](OC)C4)nc3c(F)c(-c4ccc(F)c5sc(N)c(C#N)c45)c(Cl)cc23)C1C. The molecule has 4 aromatic rings. The smallest absolute Gasteiger partial charge is 0.319 e. The molecular weight excluding hydrogens is 672 g/mol. The first kappa shape index (κ1) is 33.4. The van der Waals surface area contributed by atoms with E-state index in [4.69, 9.17) is 31.8 Å². The number of methoxy groups -OCH3 is 1. The Kier molecular flexibility index (Phi) is 8.63. The van der Waals surface area contributed by atoms with Crippen molar-refractivity contribution >= 4 is 60.7 Å². The summed E-state index contributed by atoms with van der Waals surface area (Å²) < 4.78 is 44.2. The number of thiophene rings is 1. The van der Waals surface area contributed by atoms with Crippen LogP contribution >= 0.6 is 22.9 Å². The predicted octanol–water partition coefficient (Wildman–Crippen LogP) is 6.14. The molecule has 3 aliphatic rings. The summed E-state index contributed by atoms with van der Waals surface area (Å²) in [6, 6.07) is 5.87. The molecule has 0 spiro atoms. The number of hydrogen-bond donors (Lipinski definition) is 1. The molecule has 2 N–H and O–H groups in total. The minimum Gasteiger partial charge on any atom is -0.461 e. The summed E-state index contributed by atoms with van der Waals surface area (Å²) in [4.78, 5) is 28.1. The molecular formula is C35H36ClF2N7O3S. The van der Waals surface area contributed by atoms with Gasteiger partial charge in [-0.3, -0.25) is 9.69 Å². The second kappa shape index (κ2) is 12.7. The predicted molar refractivity (Wildman–Crippen MR) is 187 cm³/mol. The van der Waals surface area contributed by atoms with Gasteiger partial charge in [-0.1, -0.05) is 24.2 Å². The maximum absolute atomic E-state index is 17.1. The molecule has 0 saturated carbocycles. The number of aromatic nitrogens is 2. The van der Waals surface area contributed by atoms with Crippen molar-refractivity contribution in [3.05, 3.63) is 53.1 Å². The number of nitriles is 1. The van der Waals surface area contributed by atoms with E-state index in [2.05, 4.69) is 16.5 Å². The van der Waals surface area contributed by atoms with Crippen molar-refractivity contribution in [3.63, 3.8) is 0 Å². The lowest BCUT2D eigenvalue weighted by Gasteiger charge is -2.33. The summed E-state index contributed by atoms with van der Waals surface area (Å²) >= 11 is 7.80. The fourth-order valence-electron chi connectivity index (χ4n) is 8.10. The summed E-state index contributed by atoms with van der Waals surface area (Å²) in [5.41, 5.74) is 6.03. The van der Waals surface area contributed by atoms with Crippen LogP contribution in [0.5, 0.6) is 6.01 Å². The third-order valence-electron chi connectivity index (χ3n) is 10.6. The van der Waals surface area contributed by atoms with Crippen molar-refractivity contribution in [3.8, 4) is 23.2 Å². The monoisotopic (exact) mass is 707 g/mol. The first-order chi connectivity index (χ1) is 23.5. The minimum absolute atomic E-state index is 0.00460. The molecule has 14 heteroatoms. The lowest BCUT2D eigenvalue weighted by molar-refractivity contribution is -0.126. The summed E-state index contributed by atoms with van der Waals surface area (Å²) in [7, 11) is 3.57. The number of likely N-dealkylation sites (N-methyl/N-ethyl adjacent to an activating group) is 1. The lowest BCUT2D eigenvalue weighted by atomic mass is 9.94. The van der Waals surface area contributed by atoms with Gasteiger partial charge >= 0.3 is 6.01 Å². The molecule has 0 radical (unpaired) electrons. The van der Waals surface area contributed by atoms with Crippen molar-refractivity contribution in [2.24, 2.45) is 0 Å². The van der Waals surface area contributed by atoms with E-state index in [1.807, 2.05) is 24.9 Å². The summed E-state index contributed by atoms with van der Waals surface area (Å²) in [5.74, 6) is -1.12. The summed E-state index contributed by atoms with van der Waals surface area (Å²) in [6.07, 6.45) is 4.80. The number of benzene rings is 2. The molecule has 256 valence electrons. The number of likely N-dealkylation sites (tertiary alicyclic amines) is 1. The van der Waals surface area contributed by atoms with Crippen LogP contribution in [0.1, 0.15) is 38.2 Å². The van der Waals surface area contributed by atoms with Crippen LogP contribution in [0.15, 0.2) is 30.9 Å². The Morgan fingerprint density at radius 3 is 2.88 bits per heavy atom. The number of halogens is 3. The molecule has 3 saturated heterocycles. The van der Waals surface area contributed by atoms with Crippen LogP contribution in [0.25, 0.3) is 32.1 Å². The lowest BCUT2D eigenvalue weighted by Crippen LogP contribution is -2.44. The number of rotatable bonds is 8. The summed E-state index contributed by atoms with van der Waals surface area (Å²) in [6.45, 7) is 8.17. The third-order valence-corrected chi connectivity index (χ3v) is 11.9. The van der Waals surface area contributed by atoms with Crippen molar-refractivity contribution in [1.82, 2.24) is 19.8 Å². The molecule has 4 atom stereocenters. The van der Waals surface area contributed by atoms with Crippen molar-refractivity contribution in [2.75, 3.05) is 51.0 Å². The van der Waals surface area contributed by atoms with Crippen LogP contribution in [-0.4, -0.2) is 89.8 Å². The molecule has 2 aromatic heterocycles. The van der Waals surface area contributed by atoms with Gasteiger partial charge in [0.05, 0.1) is 33.0 Å². The van der Waals surface area contributed by atoms with Gasteiger partial charge in [0.2, 0.25) is 5.91 Å². The minimum atomic E-state index is -0.769. The van der Waals surface area contributed by atoms with E-state index < -0.39 is 11.6 Å². The van der Waals surface area contributed by atoms with Gasteiger partial charge in [-0.2, -0.15) is 15.2 Å². The highest BCUT2D eigenvalue weighted by Crippen LogP contribution is 2.46. The average molecular weight is 708 g/mol. The molecule has 0 aliphatic carbocycles. The van der Waals surface area contributed by atoms with Gasteiger partial charge in [0.1, 0.15) is 34.8 Å². The standard InChI is InChI=1S/C35H36ClF2N7O3S/c1-5-26(46)45-12-9-25(18(45)2)43(3)33-21-13-23(36)28(20-7-8-24(37)31-27(20)22(15-39)32(40)49-31)29(38)30(21)41-34(42-33)48-17-35-10-6-11-44(35)16-19(14-35)47-4/h5,7-8,13,18-19,25H,1,6,9-12,14,16-17,40H2,2-4H3/t18?,19-,25?,35+/m1/s1. The summed E-state index contributed by atoms with van der Waals surface area (Å²) in [5, 5.41) is 10.6. The first-order valence-electron chi connectivity index (χ1n) is 16.2. The highest BCUT2D eigenvalue weighted by atomic mass is 35.5. The molecule has 49 heavy (non-hydrogen) atoms. The molecule has 2 aromatic carbocycles. The van der Waals surface area contributed by atoms with Crippen LogP contribution in [0.3, 0.4) is 0 Å². The topological polar surface area (TPSA) is 121 Å². The van der Waals surface area contributed by atoms with Crippen LogP contribution in [-0.2, 0) is 9.53 Å². The maximum Gasteiger partial charge on any atom is 0.319 e. The Hall–Kier alpha value is -4.09. The molecule has 10 nitrogen and oxygen atoms in total. The second-order valence-electron chi connectivity index (χ2n) is 13.1. The maximum atomic E-state index is 17.1. The van der Waals surface area contributed by atoms with Gasteiger partial charge in [-0.05, 0) is 62.9 Å². The molecule has 0 bridgehead atoms. The Balaban J connectivity index is 1.38. The molecule has 1 amide bonds. The highest BCUT2D eigenvalue weighted by molar-refractivity contribution is 7.23. The number of fused-ring (bicyclic) bond motifs is 3. The van der Waals surface area contributed by atoms with E-state index in [9.17, 15) is 14.4 Å². The fourth-order valence-corrected chi connectivity index (χ4v) is 9.34. The molecule has 3 aliphatic heterocycles. The Labute approximate surface area is 291 Å². The largest absolute Gasteiger partial charge is 0.461 e. The molecule has 3 fully saturated rings. The third kappa shape index (κ3) is 5.36. The van der Waals surface area contributed by atoms with E-state index in [0.29, 0.717) is 30.8 Å². The highest BCUT2D eigenvalue weighted by Gasteiger charge is 2.49. The zero-order chi connectivity index (χ0) is 34.8. The van der Waals surface area contributed by atoms with Crippen LogP contribution in [0, 0.1) is 23.0 Å². The van der Waals surface area contributed by atoms with E-state index in [0.717, 1.165) is 43.7 Å². The van der Waals surface area contributed by atoms with E-state index in [-0.39, 0.29) is 78.0 Å². The number of carbonyl (C=O) groups excluding carboxylic acids is 1. The van der Waals surface area contributed by atoms with Crippen molar-refractivity contribution < 1.29 is 23.0 Å². The molecule has 5 heterocycles. The number of ether oxygens (including phenoxy) is 2. The number of hydrogen-bond acceptors (Lipinski definition) is 10. The second-order valence-corrected chi connectivity index (χ2v) is 14.6. The van der Waals surface area contributed by atoms with Gasteiger partial charge in [0.15, 0.2) is 5.82 Å². The van der Waals surface area contributed by atoms with Crippen molar-refractivity contribution in [1.29, 1.82) is 5.26 Å². The zero-order valence-electron chi connectivity index (χ0n) is 27.4. The Morgan fingerprint density at radius 1 is 1.35 bits per heavy atom. The quantitative estimate of drug-likeness (QED) is 0.215. The number of carbonyl (C=O) groups is 1. The average Bonchev–Trinajstić information content (AvgIpc) is 3.84. The van der Waals surface area contributed by atoms with E-state index in [1.54, 1.807) is 18.1 Å². The van der Waals surface area contributed by atoms with Crippen LogP contribution < -0.4 is 15.4 Å². The number of nitrogen functional groups attached to an aromatic ring is 1.